The van der Waals surface area contributed by atoms with Gasteiger partial charge in [-0.05, 0) is 33.1 Å². The second-order valence-electron chi connectivity index (χ2n) is 5.76. The van der Waals surface area contributed by atoms with E-state index in [4.69, 9.17) is 5.73 Å². The molecule has 0 spiro atoms. The monoisotopic (exact) mass is 243 g/mol. The minimum absolute atomic E-state index is 0.269. The molecule has 1 heterocycles. The summed E-state index contributed by atoms with van der Waals surface area (Å²) < 4.78 is 13.6. The average Bonchev–Trinajstić information content (AvgIpc) is 2.33. The summed E-state index contributed by atoms with van der Waals surface area (Å²) >= 11 is 0. The van der Waals surface area contributed by atoms with Crippen LogP contribution in [0.25, 0.3) is 0 Å². The van der Waals surface area contributed by atoms with Crippen molar-refractivity contribution < 1.29 is 4.39 Å². The van der Waals surface area contributed by atoms with Crippen LogP contribution in [0.2, 0.25) is 0 Å². The summed E-state index contributed by atoms with van der Waals surface area (Å²) in [6.07, 6.45) is 1.92. The predicted molar refractivity (Wildman–Crippen MR) is 68.8 cm³/mol. The number of nitrogens with zero attached hydrogens (tertiary/aromatic N) is 2. The van der Waals surface area contributed by atoms with Gasteiger partial charge in [-0.3, -0.25) is 9.80 Å². The fourth-order valence-corrected chi connectivity index (χ4v) is 3.16. The Labute approximate surface area is 104 Å². The van der Waals surface area contributed by atoms with E-state index in [2.05, 4.69) is 23.6 Å². The molecular weight excluding hydrogens is 217 g/mol. The van der Waals surface area contributed by atoms with Gasteiger partial charge in [0.25, 0.3) is 0 Å². The molecule has 0 amide bonds. The predicted octanol–water partition coefficient (Wildman–Crippen LogP) is 1.23. The second kappa shape index (κ2) is 5.63. The number of rotatable bonds is 2. The highest BCUT2D eigenvalue weighted by Gasteiger charge is 2.35. The summed E-state index contributed by atoms with van der Waals surface area (Å²) in [6.45, 7) is 8.75. The van der Waals surface area contributed by atoms with Crippen molar-refractivity contribution in [3.63, 3.8) is 0 Å². The van der Waals surface area contributed by atoms with E-state index >= 15 is 0 Å². The highest BCUT2D eigenvalue weighted by molar-refractivity contribution is 4.93. The van der Waals surface area contributed by atoms with Crippen LogP contribution in [0.4, 0.5) is 4.39 Å². The SMILES string of the molecule is CC(C)N1CCN([C@H]2CCC[C@H](F)C2N)CC1. The Kier molecular flexibility index (Phi) is 4.39. The maximum absolute atomic E-state index is 13.6. The van der Waals surface area contributed by atoms with E-state index in [-0.39, 0.29) is 12.1 Å². The number of alkyl halides is 1. The molecule has 4 heteroatoms. The van der Waals surface area contributed by atoms with Crippen molar-refractivity contribution in [3.8, 4) is 0 Å². The van der Waals surface area contributed by atoms with E-state index in [9.17, 15) is 4.39 Å². The third-order valence-corrected chi connectivity index (χ3v) is 4.39. The van der Waals surface area contributed by atoms with Crippen molar-refractivity contribution in [2.75, 3.05) is 26.2 Å². The van der Waals surface area contributed by atoms with E-state index in [1.54, 1.807) is 0 Å². The zero-order chi connectivity index (χ0) is 12.4. The molecule has 2 N–H and O–H groups in total. The summed E-state index contributed by atoms with van der Waals surface area (Å²) in [7, 11) is 0. The summed E-state index contributed by atoms with van der Waals surface area (Å²) in [4.78, 5) is 4.90. The van der Waals surface area contributed by atoms with Crippen molar-refractivity contribution >= 4 is 0 Å². The fourth-order valence-electron chi connectivity index (χ4n) is 3.16. The van der Waals surface area contributed by atoms with Crippen molar-refractivity contribution in [2.45, 2.75) is 57.4 Å². The van der Waals surface area contributed by atoms with Crippen molar-refractivity contribution in [3.05, 3.63) is 0 Å². The highest BCUT2D eigenvalue weighted by Crippen LogP contribution is 2.25. The minimum atomic E-state index is -0.795. The van der Waals surface area contributed by atoms with Gasteiger partial charge < -0.3 is 5.73 Å². The van der Waals surface area contributed by atoms with E-state index < -0.39 is 6.17 Å². The number of hydrogen-bond donors (Lipinski definition) is 1. The van der Waals surface area contributed by atoms with Crippen LogP contribution in [-0.4, -0.2) is 60.3 Å². The number of piperazine rings is 1. The Hall–Kier alpha value is -0.190. The first-order valence-corrected chi connectivity index (χ1v) is 6.97. The van der Waals surface area contributed by atoms with Crippen LogP contribution in [0.15, 0.2) is 0 Å². The van der Waals surface area contributed by atoms with Crippen molar-refractivity contribution in [2.24, 2.45) is 5.73 Å². The van der Waals surface area contributed by atoms with Crippen LogP contribution < -0.4 is 5.73 Å². The summed E-state index contributed by atoms with van der Waals surface area (Å²) in [5.41, 5.74) is 6.02. The third-order valence-electron chi connectivity index (χ3n) is 4.39. The van der Waals surface area contributed by atoms with E-state index in [0.717, 1.165) is 39.0 Å². The Balaban J connectivity index is 1.87. The highest BCUT2D eigenvalue weighted by atomic mass is 19.1. The molecule has 2 fully saturated rings. The van der Waals surface area contributed by atoms with Gasteiger partial charge in [-0.15, -0.1) is 0 Å². The van der Waals surface area contributed by atoms with Crippen LogP contribution in [0, 0.1) is 0 Å². The Morgan fingerprint density at radius 2 is 1.76 bits per heavy atom. The average molecular weight is 243 g/mol. The normalized spacial score (nSPS) is 37.6. The van der Waals surface area contributed by atoms with E-state index in [1.165, 1.54) is 0 Å². The maximum atomic E-state index is 13.6. The molecule has 0 radical (unpaired) electrons. The van der Waals surface area contributed by atoms with E-state index in [0.29, 0.717) is 12.5 Å². The van der Waals surface area contributed by atoms with Crippen LogP contribution in [0.3, 0.4) is 0 Å². The first kappa shape index (κ1) is 13.2. The maximum Gasteiger partial charge on any atom is 0.117 e. The van der Waals surface area contributed by atoms with Crippen molar-refractivity contribution in [1.82, 2.24) is 9.80 Å². The minimum Gasteiger partial charge on any atom is -0.324 e. The molecule has 0 aromatic heterocycles. The molecule has 17 heavy (non-hydrogen) atoms. The zero-order valence-electron chi connectivity index (χ0n) is 11.1. The zero-order valence-corrected chi connectivity index (χ0v) is 11.1. The molecule has 0 bridgehead atoms. The quantitative estimate of drug-likeness (QED) is 0.792. The Morgan fingerprint density at radius 3 is 2.35 bits per heavy atom. The van der Waals surface area contributed by atoms with Gasteiger partial charge in [-0.25, -0.2) is 4.39 Å². The molecule has 3 nitrogen and oxygen atoms in total. The molecule has 100 valence electrons. The Bertz CT molecular complexity index is 239. The molecule has 1 unspecified atom stereocenters. The number of nitrogens with two attached hydrogens (primary N) is 1. The van der Waals surface area contributed by atoms with Gasteiger partial charge >= 0.3 is 0 Å². The topological polar surface area (TPSA) is 32.5 Å². The van der Waals surface area contributed by atoms with Crippen LogP contribution >= 0.6 is 0 Å². The largest absolute Gasteiger partial charge is 0.324 e. The van der Waals surface area contributed by atoms with E-state index in [1.807, 2.05) is 0 Å². The molecule has 2 aliphatic rings. The van der Waals surface area contributed by atoms with Crippen molar-refractivity contribution in [1.29, 1.82) is 0 Å². The summed E-state index contributed by atoms with van der Waals surface area (Å²) in [6, 6.07) is 0.619. The van der Waals surface area contributed by atoms with Gasteiger partial charge in [0.1, 0.15) is 6.17 Å². The van der Waals surface area contributed by atoms with Gasteiger partial charge in [0, 0.05) is 38.3 Å². The lowest BCUT2D eigenvalue weighted by Crippen LogP contribution is -2.59. The van der Waals surface area contributed by atoms with Gasteiger partial charge in [0.2, 0.25) is 0 Å². The second-order valence-corrected chi connectivity index (χ2v) is 5.76. The lowest BCUT2D eigenvalue weighted by molar-refractivity contribution is 0.0359. The lowest BCUT2D eigenvalue weighted by atomic mass is 9.88. The standard InChI is InChI=1S/C13H26FN3/c1-10(2)16-6-8-17(9-7-16)12-5-3-4-11(14)13(12)15/h10-13H,3-9,15H2,1-2H3/t11-,12-,13?/m0/s1. The third kappa shape index (κ3) is 2.98. The molecular formula is C13H26FN3. The van der Waals surface area contributed by atoms with Crippen LogP contribution in [0.5, 0.6) is 0 Å². The Morgan fingerprint density at radius 1 is 1.12 bits per heavy atom. The van der Waals surface area contributed by atoms with Gasteiger partial charge in [0.05, 0.1) is 6.04 Å². The summed E-state index contributed by atoms with van der Waals surface area (Å²) in [5.74, 6) is 0. The molecule has 1 aliphatic carbocycles. The summed E-state index contributed by atoms with van der Waals surface area (Å²) in [5, 5.41) is 0. The molecule has 3 atom stereocenters. The molecule has 0 aromatic rings. The molecule has 1 aliphatic heterocycles. The van der Waals surface area contributed by atoms with Gasteiger partial charge in [-0.2, -0.15) is 0 Å². The van der Waals surface area contributed by atoms with Gasteiger partial charge in [-0.1, -0.05) is 0 Å². The number of hydrogen-bond acceptors (Lipinski definition) is 3. The molecule has 0 aromatic carbocycles. The van der Waals surface area contributed by atoms with Gasteiger partial charge in [0.15, 0.2) is 0 Å². The first-order valence-electron chi connectivity index (χ1n) is 6.97. The lowest BCUT2D eigenvalue weighted by Gasteiger charge is -2.44. The van der Waals surface area contributed by atoms with Crippen LogP contribution in [0.1, 0.15) is 33.1 Å². The smallest absolute Gasteiger partial charge is 0.117 e. The fraction of sp³-hybridized carbons (Fsp3) is 1.00. The first-order chi connectivity index (χ1) is 8.09. The molecule has 1 saturated carbocycles. The molecule has 1 saturated heterocycles. The molecule has 2 rings (SSSR count). The number of halogens is 1. The van der Waals surface area contributed by atoms with Crippen LogP contribution in [-0.2, 0) is 0 Å².